The van der Waals surface area contributed by atoms with Crippen molar-refractivity contribution in [3.63, 3.8) is 0 Å². The molecule has 0 aliphatic rings. The Balaban J connectivity index is 2.06. The zero-order valence-electron chi connectivity index (χ0n) is 11.6. The number of aryl methyl sites for hydroxylation is 2. The molecule has 0 amide bonds. The standard InChI is InChI=1S/C16H17N3S/c1-10-8-15(20-11(10)2)16(19-17)13-6-5-12-4-3-7-18-14(12)9-13/h3-9,16,19H,17H2,1-2H3. The van der Waals surface area contributed by atoms with Gasteiger partial charge < -0.3 is 0 Å². The maximum Gasteiger partial charge on any atom is 0.0803 e. The van der Waals surface area contributed by atoms with Gasteiger partial charge in [-0.05, 0) is 43.2 Å². The zero-order chi connectivity index (χ0) is 14.1. The number of thiophene rings is 1. The minimum atomic E-state index is 0.0128. The minimum Gasteiger partial charge on any atom is -0.271 e. The average molecular weight is 283 g/mol. The van der Waals surface area contributed by atoms with E-state index in [1.165, 1.54) is 15.3 Å². The summed E-state index contributed by atoms with van der Waals surface area (Å²) in [6.45, 7) is 4.27. The van der Waals surface area contributed by atoms with E-state index in [0.717, 1.165) is 16.5 Å². The van der Waals surface area contributed by atoms with E-state index in [1.54, 1.807) is 11.3 Å². The topological polar surface area (TPSA) is 50.9 Å². The molecule has 3 nitrogen and oxygen atoms in total. The molecule has 0 aliphatic carbocycles. The number of hydrogen-bond acceptors (Lipinski definition) is 4. The summed E-state index contributed by atoms with van der Waals surface area (Å²) in [6, 6.07) is 12.5. The molecule has 0 saturated heterocycles. The number of hydrogen-bond donors (Lipinski definition) is 2. The highest BCUT2D eigenvalue weighted by atomic mass is 32.1. The maximum absolute atomic E-state index is 5.78. The second kappa shape index (κ2) is 5.32. The van der Waals surface area contributed by atoms with Gasteiger partial charge in [0.15, 0.2) is 0 Å². The Hall–Kier alpha value is -1.75. The molecular formula is C16H17N3S. The van der Waals surface area contributed by atoms with Crippen molar-refractivity contribution in [3.05, 3.63) is 63.5 Å². The normalized spacial score (nSPS) is 12.8. The Morgan fingerprint density at radius 1 is 1.20 bits per heavy atom. The summed E-state index contributed by atoms with van der Waals surface area (Å²) >= 11 is 1.78. The van der Waals surface area contributed by atoms with Crippen LogP contribution in [0.25, 0.3) is 10.9 Å². The third kappa shape index (κ3) is 2.33. The van der Waals surface area contributed by atoms with Crippen molar-refractivity contribution >= 4 is 22.2 Å². The Bertz CT molecular complexity index is 729. The zero-order valence-corrected chi connectivity index (χ0v) is 12.4. The highest BCUT2D eigenvalue weighted by Gasteiger charge is 2.16. The van der Waals surface area contributed by atoms with Gasteiger partial charge in [0.05, 0.1) is 11.6 Å². The Morgan fingerprint density at radius 3 is 2.75 bits per heavy atom. The monoisotopic (exact) mass is 283 g/mol. The number of pyridine rings is 1. The molecular weight excluding hydrogens is 266 g/mol. The fraction of sp³-hybridized carbons (Fsp3) is 0.188. The first-order valence-corrected chi connectivity index (χ1v) is 7.38. The van der Waals surface area contributed by atoms with Crippen LogP contribution in [0.2, 0.25) is 0 Å². The average Bonchev–Trinajstić information content (AvgIpc) is 2.79. The third-order valence-electron chi connectivity index (χ3n) is 3.60. The van der Waals surface area contributed by atoms with Gasteiger partial charge in [-0.25, -0.2) is 5.43 Å². The highest BCUT2D eigenvalue weighted by Crippen LogP contribution is 2.31. The van der Waals surface area contributed by atoms with Gasteiger partial charge in [-0.2, -0.15) is 0 Å². The van der Waals surface area contributed by atoms with Crippen molar-refractivity contribution in [2.45, 2.75) is 19.9 Å². The summed E-state index contributed by atoms with van der Waals surface area (Å²) in [5, 5.41) is 1.14. The van der Waals surface area contributed by atoms with E-state index in [2.05, 4.69) is 54.6 Å². The molecule has 4 heteroatoms. The number of nitrogens with zero attached hydrogens (tertiary/aromatic N) is 1. The second-order valence-corrected chi connectivity index (χ2v) is 6.23. The fourth-order valence-corrected chi connectivity index (χ4v) is 3.48. The van der Waals surface area contributed by atoms with E-state index >= 15 is 0 Å². The molecule has 0 radical (unpaired) electrons. The van der Waals surface area contributed by atoms with Crippen molar-refractivity contribution in [2.75, 3.05) is 0 Å². The Labute approximate surface area is 122 Å². The molecule has 1 aromatic carbocycles. The molecule has 3 N–H and O–H groups in total. The summed E-state index contributed by atoms with van der Waals surface area (Å²) < 4.78 is 0. The first kappa shape index (κ1) is 13.2. The number of aromatic nitrogens is 1. The van der Waals surface area contributed by atoms with E-state index in [-0.39, 0.29) is 6.04 Å². The lowest BCUT2D eigenvalue weighted by atomic mass is 10.0. The molecule has 0 bridgehead atoms. The Kier molecular flexibility index (Phi) is 3.53. The number of rotatable bonds is 3. The number of fused-ring (bicyclic) bond motifs is 1. The van der Waals surface area contributed by atoms with E-state index < -0.39 is 0 Å². The van der Waals surface area contributed by atoms with Crippen LogP contribution in [0.5, 0.6) is 0 Å². The molecule has 20 heavy (non-hydrogen) atoms. The van der Waals surface area contributed by atoms with Crippen LogP contribution < -0.4 is 11.3 Å². The molecule has 1 unspecified atom stereocenters. The smallest absolute Gasteiger partial charge is 0.0803 e. The first-order chi connectivity index (χ1) is 9.69. The number of hydrazine groups is 1. The predicted molar refractivity (Wildman–Crippen MR) is 84.7 cm³/mol. The number of nitrogens with one attached hydrogen (secondary N) is 1. The lowest BCUT2D eigenvalue weighted by Gasteiger charge is -2.15. The van der Waals surface area contributed by atoms with Crippen LogP contribution in [0.15, 0.2) is 42.6 Å². The van der Waals surface area contributed by atoms with Crippen LogP contribution in [0.3, 0.4) is 0 Å². The van der Waals surface area contributed by atoms with Crippen molar-refractivity contribution in [3.8, 4) is 0 Å². The summed E-state index contributed by atoms with van der Waals surface area (Å²) in [5.74, 6) is 5.78. The van der Waals surface area contributed by atoms with Gasteiger partial charge in [-0.15, -0.1) is 11.3 Å². The van der Waals surface area contributed by atoms with E-state index in [1.807, 2.05) is 12.3 Å². The molecule has 102 valence electrons. The van der Waals surface area contributed by atoms with Gasteiger partial charge >= 0.3 is 0 Å². The predicted octanol–water partition coefficient (Wildman–Crippen LogP) is 3.47. The van der Waals surface area contributed by atoms with Gasteiger partial charge in [0.25, 0.3) is 0 Å². The molecule has 3 aromatic rings. The number of nitrogens with two attached hydrogens (primary N) is 1. The highest BCUT2D eigenvalue weighted by molar-refractivity contribution is 7.12. The first-order valence-electron chi connectivity index (χ1n) is 6.57. The van der Waals surface area contributed by atoms with Crippen LogP contribution in [0, 0.1) is 13.8 Å². The molecule has 3 rings (SSSR count). The van der Waals surface area contributed by atoms with E-state index in [0.29, 0.717) is 0 Å². The summed E-state index contributed by atoms with van der Waals surface area (Å²) in [6.07, 6.45) is 1.82. The second-order valence-electron chi connectivity index (χ2n) is 4.94. The van der Waals surface area contributed by atoms with Crippen LogP contribution >= 0.6 is 11.3 Å². The van der Waals surface area contributed by atoms with Crippen LogP contribution in [-0.2, 0) is 0 Å². The SMILES string of the molecule is Cc1cc(C(NN)c2ccc3cccnc3c2)sc1C. The van der Waals surface area contributed by atoms with Gasteiger partial charge in [-0.1, -0.05) is 18.2 Å². The van der Waals surface area contributed by atoms with Crippen molar-refractivity contribution < 1.29 is 0 Å². The van der Waals surface area contributed by atoms with Crippen LogP contribution in [0.4, 0.5) is 0 Å². The van der Waals surface area contributed by atoms with Crippen LogP contribution in [0.1, 0.15) is 26.9 Å². The fourth-order valence-electron chi connectivity index (χ4n) is 2.35. The third-order valence-corrected chi connectivity index (χ3v) is 4.82. The largest absolute Gasteiger partial charge is 0.271 e. The number of benzene rings is 1. The van der Waals surface area contributed by atoms with Crippen molar-refractivity contribution in [2.24, 2.45) is 5.84 Å². The molecule has 2 aromatic heterocycles. The van der Waals surface area contributed by atoms with Crippen molar-refractivity contribution in [1.29, 1.82) is 0 Å². The van der Waals surface area contributed by atoms with Gasteiger partial charge in [0, 0.05) is 21.3 Å². The van der Waals surface area contributed by atoms with Gasteiger partial charge in [-0.3, -0.25) is 10.8 Å². The molecule has 0 fully saturated rings. The minimum absolute atomic E-state index is 0.0128. The van der Waals surface area contributed by atoms with Gasteiger partial charge in [0.1, 0.15) is 0 Å². The van der Waals surface area contributed by atoms with E-state index in [4.69, 9.17) is 5.84 Å². The van der Waals surface area contributed by atoms with Crippen LogP contribution in [-0.4, -0.2) is 4.98 Å². The van der Waals surface area contributed by atoms with E-state index in [9.17, 15) is 0 Å². The Morgan fingerprint density at radius 2 is 2.05 bits per heavy atom. The van der Waals surface area contributed by atoms with Crippen molar-refractivity contribution in [1.82, 2.24) is 10.4 Å². The molecule has 0 saturated carbocycles. The molecule has 2 heterocycles. The lowest BCUT2D eigenvalue weighted by Crippen LogP contribution is -2.28. The summed E-state index contributed by atoms with van der Waals surface area (Å²) in [7, 11) is 0. The maximum atomic E-state index is 5.78. The molecule has 1 atom stereocenters. The molecule has 0 aliphatic heterocycles. The molecule has 0 spiro atoms. The summed E-state index contributed by atoms with van der Waals surface area (Å²) in [4.78, 5) is 6.98. The summed E-state index contributed by atoms with van der Waals surface area (Å²) in [5.41, 5.74) is 6.37. The van der Waals surface area contributed by atoms with Gasteiger partial charge in [0.2, 0.25) is 0 Å². The quantitative estimate of drug-likeness (QED) is 0.571. The lowest BCUT2D eigenvalue weighted by molar-refractivity contribution is 0.647.